The third kappa shape index (κ3) is 11.3. The first-order valence-corrected chi connectivity index (χ1v) is 17.5. The van der Waals surface area contributed by atoms with Crippen molar-refractivity contribution in [3.05, 3.63) is 108 Å². The standard InChI is InChI=1S/C42H50O6/c1-5-9-13-31(7-3)29-45-39-17-11-15-35(27-39)41(43)47-37-23-19-33(20-24-37)34-21-25-38(26-22-34)48-42(44)36-16-12-18-40(28-36)46-30-32(8-4)14-10-6-2/h11-12,15-28,31-32H,5-10,13-14,29-30H2,1-4H3. The first kappa shape index (κ1) is 36.3. The average Bonchev–Trinajstić information content (AvgIpc) is 3.12. The molecule has 0 bridgehead atoms. The molecule has 48 heavy (non-hydrogen) atoms. The van der Waals surface area contributed by atoms with Gasteiger partial charge in [0.2, 0.25) is 0 Å². The predicted octanol–water partition coefficient (Wildman–Crippen LogP) is 11.0. The summed E-state index contributed by atoms with van der Waals surface area (Å²) in [5.74, 6) is 2.37. The highest BCUT2D eigenvalue weighted by Gasteiger charge is 2.14. The van der Waals surface area contributed by atoms with Crippen molar-refractivity contribution in [3.8, 4) is 34.1 Å². The Bertz CT molecular complexity index is 1440. The van der Waals surface area contributed by atoms with Gasteiger partial charge in [-0.25, -0.2) is 9.59 Å². The van der Waals surface area contributed by atoms with E-state index in [0.29, 0.717) is 59.2 Å². The molecule has 0 aliphatic heterocycles. The Morgan fingerprint density at radius 3 is 1.27 bits per heavy atom. The lowest BCUT2D eigenvalue weighted by Gasteiger charge is -2.16. The largest absolute Gasteiger partial charge is 0.493 e. The van der Waals surface area contributed by atoms with Crippen LogP contribution in [0.4, 0.5) is 0 Å². The molecule has 4 aromatic carbocycles. The molecule has 0 amide bonds. The van der Waals surface area contributed by atoms with Crippen molar-refractivity contribution in [1.29, 1.82) is 0 Å². The van der Waals surface area contributed by atoms with Crippen LogP contribution in [-0.4, -0.2) is 25.2 Å². The molecule has 0 saturated carbocycles. The van der Waals surface area contributed by atoms with Crippen LogP contribution < -0.4 is 18.9 Å². The number of rotatable bonds is 19. The molecule has 0 aliphatic rings. The van der Waals surface area contributed by atoms with Crippen LogP contribution in [0.2, 0.25) is 0 Å². The van der Waals surface area contributed by atoms with Gasteiger partial charge in [-0.2, -0.15) is 0 Å². The van der Waals surface area contributed by atoms with Gasteiger partial charge in [-0.15, -0.1) is 0 Å². The average molecular weight is 651 g/mol. The number of carbonyl (C=O) groups excluding carboxylic acids is 2. The van der Waals surface area contributed by atoms with Crippen LogP contribution in [-0.2, 0) is 0 Å². The Morgan fingerprint density at radius 2 is 0.917 bits per heavy atom. The minimum Gasteiger partial charge on any atom is -0.493 e. The Morgan fingerprint density at radius 1 is 0.521 bits per heavy atom. The van der Waals surface area contributed by atoms with Gasteiger partial charge in [-0.05, 0) is 96.5 Å². The van der Waals surface area contributed by atoms with Crippen molar-refractivity contribution in [2.45, 2.75) is 79.1 Å². The summed E-state index contributed by atoms with van der Waals surface area (Å²) in [6.07, 6.45) is 9.16. The Labute approximate surface area is 286 Å². The third-order valence-electron chi connectivity index (χ3n) is 8.66. The molecule has 4 rings (SSSR count). The highest BCUT2D eigenvalue weighted by atomic mass is 16.5. The van der Waals surface area contributed by atoms with Gasteiger partial charge in [0, 0.05) is 0 Å². The number of hydrogen-bond donors (Lipinski definition) is 0. The molecule has 4 aromatic rings. The summed E-state index contributed by atoms with van der Waals surface area (Å²) < 4.78 is 23.3. The molecular formula is C42H50O6. The van der Waals surface area contributed by atoms with E-state index in [2.05, 4.69) is 27.7 Å². The summed E-state index contributed by atoms with van der Waals surface area (Å²) >= 11 is 0. The molecular weight excluding hydrogens is 600 g/mol. The predicted molar refractivity (Wildman–Crippen MR) is 192 cm³/mol. The summed E-state index contributed by atoms with van der Waals surface area (Å²) in [5, 5.41) is 0. The SMILES string of the molecule is CCCCC(CC)COc1cccc(C(=O)Oc2ccc(-c3ccc(OC(=O)c4cccc(OCC(CC)CCCC)c4)cc3)cc2)c1. The molecule has 6 nitrogen and oxygen atoms in total. The summed E-state index contributed by atoms with van der Waals surface area (Å²) in [7, 11) is 0. The number of esters is 2. The highest BCUT2D eigenvalue weighted by Crippen LogP contribution is 2.27. The minimum atomic E-state index is -0.438. The van der Waals surface area contributed by atoms with Gasteiger partial charge in [-0.3, -0.25) is 0 Å². The summed E-state index contributed by atoms with van der Waals surface area (Å²) in [6, 6.07) is 28.9. The van der Waals surface area contributed by atoms with Crippen LogP contribution in [0.25, 0.3) is 11.1 Å². The van der Waals surface area contributed by atoms with E-state index >= 15 is 0 Å². The Balaban J connectivity index is 1.29. The van der Waals surface area contributed by atoms with Crippen LogP contribution in [0.3, 0.4) is 0 Å². The molecule has 0 radical (unpaired) electrons. The fourth-order valence-electron chi connectivity index (χ4n) is 5.41. The second-order valence-electron chi connectivity index (χ2n) is 12.3. The molecule has 2 atom stereocenters. The van der Waals surface area contributed by atoms with Gasteiger partial charge >= 0.3 is 11.9 Å². The topological polar surface area (TPSA) is 71.1 Å². The van der Waals surface area contributed by atoms with E-state index in [1.54, 1.807) is 48.5 Å². The van der Waals surface area contributed by atoms with E-state index in [4.69, 9.17) is 18.9 Å². The molecule has 0 fully saturated rings. The van der Waals surface area contributed by atoms with Gasteiger partial charge in [0.05, 0.1) is 24.3 Å². The van der Waals surface area contributed by atoms with E-state index in [-0.39, 0.29) is 0 Å². The lowest BCUT2D eigenvalue weighted by Crippen LogP contribution is -2.12. The van der Waals surface area contributed by atoms with Gasteiger partial charge in [-0.1, -0.05) is 103 Å². The van der Waals surface area contributed by atoms with E-state index in [9.17, 15) is 9.59 Å². The quantitative estimate of drug-likeness (QED) is 0.0743. The highest BCUT2D eigenvalue weighted by molar-refractivity contribution is 5.92. The zero-order chi connectivity index (χ0) is 34.1. The minimum absolute atomic E-state index is 0.438. The molecule has 6 heteroatoms. The summed E-state index contributed by atoms with van der Waals surface area (Å²) in [5.41, 5.74) is 2.75. The maximum absolute atomic E-state index is 12.9. The number of benzene rings is 4. The molecule has 2 unspecified atom stereocenters. The molecule has 0 saturated heterocycles. The van der Waals surface area contributed by atoms with Crippen molar-refractivity contribution in [2.75, 3.05) is 13.2 Å². The van der Waals surface area contributed by atoms with E-state index in [1.165, 1.54) is 25.7 Å². The molecule has 0 heterocycles. The van der Waals surface area contributed by atoms with Gasteiger partial charge in [0.1, 0.15) is 23.0 Å². The lowest BCUT2D eigenvalue weighted by molar-refractivity contribution is 0.0724. The van der Waals surface area contributed by atoms with E-state index in [1.807, 2.05) is 48.5 Å². The first-order valence-electron chi connectivity index (χ1n) is 17.5. The number of hydrogen-bond acceptors (Lipinski definition) is 6. The van der Waals surface area contributed by atoms with Crippen LogP contribution in [0.5, 0.6) is 23.0 Å². The van der Waals surface area contributed by atoms with Crippen molar-refractivity contribution >= 4 is 11.9 Å². The van der Waals surface area contributed by atoms with E-state index in [0.717, 1.165) is 36.8 Å². The van der Waals surface area contributed by atoms with Crippen LogP contribution >= 0.6 is 0 Å². The maximum atomic E-state index is 12.9. The summed E-state index contributed by atoms with van der Waals surface area (Å²) in [4.78, 5) is 25.8. The van der Waals surface area contributed by atoms with Crippen LogP contribution in [0.1, 0.15) is 99.8 Å². The zero-order valence-corrected chi connectivity index (χ0v) is 28.9. The zero-order valence-electron chi connectivity index (χ0n) is 28.9. The maximum Gasteiger partial charge on any atom is 0.343 e. The molecule has 0 aromatic heterocycles. The van der Waals surface area contributed by atoms with Crippen LogP contribution in [0, 0.1) is 11.8 Å². The number of carbonyl (C=O) groups is 2. The summed E-state index contributed by atoms with van der Waals surface area (Å²) in [6.45, 7) is 10.0. The third-order valence-corrected chi connectivity index (χ3v) is 8.66. The number of ether oxygens (including phenoxy) is 4. The van der Waals surface area contributed by atoms with Crippen molar-refractivity contribution in [1.82, 2.24) is 0 Å². The second kappa shape index (κ2) is 19.3. The van der Waals surface area contributed by atoms with Crippen molar-refractivity contribution in [2.24, 2.45) is 11.8 Å². The first-order chi connectivity index (χ1) is 23.4. The molecule has 0 spiro atoms. The van der Waals surface area contributed by atoms with Gasteiger partial charge in [0.15, 0.2) is 0 Å². The monoisotopic (exact) mass is 650 g/mol. The number of unbranched alkanes of at least 4 members (excludes halogenated alkanes) is 2. The molecule has 0 aliphatic carbocycles. The van der Waals surface area contributed by atoms with Crippen LogP contribution in [0.15, 0.2) is 97.1 Å². The molecule has 0 N–H and O–H groups in total. The fraction of sp³-hybridized carbons (Fsp3) is 0.381. The Kier molecular flexibility index (Phi) is 14.6. The fourth-order valence-corrected chi connectivity index (χ4v) is 5.41. The van der Waals surface area contributed by atoms with Gasteiger partial charge in [0.25, 0.3) is 0 Å². The van der Waals surface area contributed by atoms with Crippen molar-refractivity contribution in [3.63, 3.8) is 0 Å². The molecule has 254 valence electrons. The van der Waals surface area contributed by atoms with E-state index < -0.39 is 11.9 Å². The second-order valence-corrected chi connectivity index (χ2v) is 12.3. The lowest BCUT2D eigenvalue weighted by atomic mass is 10.0. The Hall–Kier alpha value is -4.58. The van der Waals surface area contributed by atoms with Crippen molar-refractivity contribution < 1.29 is 28.5 Å². The normalized spacial score (nSPS) is 12.2. The van der Waals surface area contributed by atoms with Gasteiger partial charge < -0.3 is 18.9 Å². The smallest absolute Gasteiger partial charge is 0.343 e.